The Morgan fingerprint density at radius 1 is 1.10 bits per heavy atom. The van der Waals surface area contributed by atoms with Crippen molar-refractivity contribution in [2.24, 2.45) is 5.10 Å². The number of aryl methyl sites for hydroxylation is 1. The van der Waals surface area contributed by atoms with Crippen LogP contribution in [0.3, 0.4) is 0 Å². The molecule has 30 heavy (non-hydrogen) atoms. The van der Waals surface area contributed by atoms with Gasteiger partial charge in [-0.15, -0.1) is 0 Å². The fraction of sp³-hybridized carbons (Fsp3) is 0.261. The molecule has 0 unspecified atom stereocenters. The normalized spacial score (nSPS) is 16.0. The molecule has 1 atom stereocenters. The summed E-state index contributed by atoms with van der Waals surface area (Å²) in [5.41, 5.74) is 4.36. The average molecular weight is 424 g/mol. The Morgan fingerprint density at radius 3 is 2.57 bits per heavy atom. The van der Waals surface area contributed by atoms with Crippen LogP contribution < -0.4 is 9.47 Å². The summed E-state index contributed by atoms with van der Waals surface area (Å²) >= 11 is 6.55. The smallest absolute Gasteiger partial charge is 0.240 e. The van der Waals surface area contributed by atoms with Gasteiger partial charge in [0.05, 0.1) is 31.5 Å². The SMILES string of the molecule is COc1ccc(C2=NN(C(C)=O)[C@H](c3cc4ccc(C)cc4nc3Cl)C2)cc1OC. The number of hydrazone groups is 1. The summed E-state index contributed by atoms with van der Waals surface area (Å²) in [6.07, 6.45) is 0.522. The quantitative estimate of drug-likeness (QED) is 0.559. The first-order chi connectivity index (χ1) is 14.4. The standard InChI is InChI=1S/C23H22ClN3O3/c1-13-5-6-15-10-17(23(24)25-18(15)9-13)20-12-19(26-27(20)14(2)28)16-7-8-21(29-3)22(11-16)30-4/h5-11,20H,12H2,1-4H3/t20-/m0/s1. The maximum absolute atomic E-state index is 12.4. The van der Waals surface area contributed by atoms with Crippen LogP contribution >= 0.6 is 11.6 Å². The van der Waals surface area contributed by atoms with Crippen molar-refractivity contribution in [3.8, 4) is 11.5 Å². The summed E-state index contributed by atoms with van der Waals surface area (Å²) in [5.74, 6) is 1.09. The number of carbonyl (C=O) groups excluding carboxylic acids is 1. The lowest BCUT2D eigenvalue weighted by molar-refractivity contribution is -0.130. The Balaban J connectivity index is 1.74. The number of aromatic nitrogens is 1. The molecule has 0 N–H and O–H groups in total. The highest BCUT2D eigenvalue weighted by molar-refractivity contribution is 6.30. The molecule has 0 saturated carbocycles. The second kappa shape index (κ2) is 7.95. The zero-order chi connectivity index (χ0) is 21.4. The Bertz CT molecular complexity index is 1180. The minimum Gasteiger partial charge on any atom is -0.493 e. The van der Waals surface area contributed by atoms with Crippen molar-refractivity contribution in [3.05, 3.63) is 64.3 Å². The number of nitrogens with zero attached hydrogens (tertiary/aromatic N) is 3. The van der Waals surface area contributed by atoms with E-state index in [-0.39, 0.29) is 11.9 Å². The summed E-state index contributed by atoms with van der Waals surface area (Å²) in [5, 5.41) is 7.44. The van der Waals surface area contributed by atoms with Crippen LogP contribution in [-0.2, 0) is 4.79 Å². The minimum absolute atomic E-state index is 0.157. The topological polar surface area (TPSA) is 64.0 Å². The number of pyridine rings is 1. The molecule has 154 valence electrons. The molecule has 1 aliphatic heterocycles. The molecule has 3 aromatic rings. The van der Waals surface area contributed by atoms with Gasteiger partial charge in [0.1, 0.15) is 5.15 Å². The van der Waals surface area contributed by atoms with Gasteiger partial charge in [-0.25, -0.2) is 9.99 Å². The molecule has 0 fully saturated rings. The van der Waals surface area contributed by atoms with Crippen LogP contribution in [0.25, 0.3) is 10.9 Å². The summed E-state index contributed by atoms with van der Waals surface area (Å²) in [6.45, 7) is 3.51. The first kappa shape index (κ1) is 20.2. The van der Waals surface area contributed by atoms with E-state index in [2.05, 4.69) is 10.1 Å². The number of methoxy groups -OCH3 is 2. The van der Waals surface area contributed by atoms with E-state index in [1.807, 2.05) is 49.4 Å². The maximum atomic E-state index is 12.4. The Kier molecular flexibility index (Phi) is 5.35. The third kappa shape index (κ3) is 3.59. The highest BCUT2D eigenvalue weighted by atomic mass is 35.5. The van der Waals surface area contributed by atoms with Crippen molar-refractivity contribution < 1.29 is 14.3 Å². The average Bonchev–Trinajstić information content (AvgIpc) is 3.18. The third-order valence-corrected chi connectivity index (χ3v) is 5.57. The number of ether oxygens (including phenoxy) is 2. The van der Waals surface area contributed by atoms with Crippen molar-refractivity contribution >= 4 is 34.1 Å². The van der Waals surface area contributed by atoms with E-state index in [0.29, 0.717) is 23.1 Å². The van der Waals surface area contributed by atoms with Crippen LogP contribution in [0.15, 0.2) is 47.6 Å². The lowest BCUT2D eigenvalue weighted by Crippen LogP contribution is -2.24. The number of hydrogen-bond acceptors (Lipinski definition) is 5. The number of halogens is 1. The van der Waals surface area contributed by atoms with Gasteiger partial charge in [-0.05, 0) is 42.8 Å². The molecule has 0 saturated heterocycles. The third-order valence-electron chi connectivity index (χ3n) is 5.26. The Morgan fingerprint density at radius 2 is 1.87 bits per heavy atom. The molecule has 1 amide bonds. The number of carbonyl (C=O) groups is 1. The number of rotatable bonds is 4. The molecule has 1 aliphatic rings. The first-order valence-corrected chi connectivity index (χ1v) is 9.95. The molecule has 1 aromatic heterocycles. The van der Waals surface area contributed by atoms with Gasteiger partial charge < -0.3 is 9.47 Å². The van der Waals surface area contributed by atoms with Gasteiger partial charge in [0.25, 0.3) is 0 Å². The lowest BCUT2D eigenvalue weighted by atomic mass is 9.98. The number of amides is 1. The fourth-order valence-electron chi connectivity index (χ4n) is 3.74. The molecule has 0 bridgehead atoms. The van der Waals surface area contributed by atoms with Crippen molar-refractivity contribution in [3.63, 3.8) is 0 Å². The van der Waals surface area contributed by atoms with Gasteiger partial charge in [-0.2, -0.15) is 5.10 Å². The van der Waals surface area contributed by atoms with Crippen molar-refractivity contribution in [1.29, 1.82) is 0 Å². The predicted molar refractivity (Wildman–Crippen MR) is 117 cm³/mol. The summed E-state index contributed by atoms with van der Waals surface area (Å²) < 4.78 is 10.7. The van der Waals surface area contributed by atoms with Crippen LogP contribution in [0.5, 0.6) is 11.5 Å². The van der Waals surface area contributed by atoms with E-state index in [0.717, 1.165) is 33.3 Å². The van der Waals surface area contributed by atoms with Crippen LogP contribution in [-0.4, -0.2) is 35.8 Å². The van der Waals surface area contributed by atoms with E-state index in [1.54, 1.807) is 14.2 Å². The molecule has 0 aliphatic carbocycles. The highest BCUT2D eigenvalue weighted by Crippen LogP contribution is 2.38. The monoisotopic (exact) mass is 423 g/mol. The zero-order valence-electron chi connectivity index (χ0n) is 17.3. The van der Waals surface area contributed by atoms with E-state index in [9.17, 15) is 4.79 Å². The van der Waals surface area contributed by atoms with Crippen LogP contribution in [0.1, 0.15) is 36.1 Å². The first-order valence-electron chi connectivity index (χ1n) is 9.57. The van der Waals surface area contributed by atoms with Crippen molar-refractivity contribution in [2.45, 2.75) is 26.3 Å². The zero-order valence-corrected chi connectivity index (χ0v) is 18.0. The van der Waals surface area contributed by atoms with Crippen LogP contribution in [0, 0.1) is 6.92 Å². The van der Waals surface area contributed by atoms with E-state index in [4.69, 9.17) is 21.1 Å². The van der Waals surface area contributed by atoms with Gasteiger partial charge in [-0.3, -0.25) is 4.79 Å². The summed E-state index contributed by atoms with van der Waals surface area (Å²) in [6, 6.07) is 13.3. The summed E-state index contributed by atoms with van der Waals surface area (Å²) in [4.78, 5) is 16.9. The molecule has 0 radical (unpaired) electrons. The number of benzene rings is 2. The lowest BCUT2D eigenvalue weighted by Gasteiger charge is -2.21. The van der Waals surface area contributed by atoms with Gasteiger partial charge in [0, 0.05) is 29.9 Å². The molecule has 6 nitrogen and oxygen atoms in total. The van der Waals surface area contributed by atoms with Gasteiger partial charge in [0.2, 0.25) is 5.91 Å². The second-order valence-corrected chi connectivity index (χ2v) is 7.62. The van der Waals surface area contributed by atoms with Gasteiger partial charge >= 0.3 is 0 Å². The largest absolute Gasteiger partial charge is 0.493 e. The number of fused-ring (bicyclic) bond motifs is 1. The fourth-order valence-corrected chi connectivity index (χ4v) is 4.01. The van der Waals surface area contributed by atoms with Crippen LogP contribution in [0.2, 0.25) is 5.15 Å². The van der Waals surface area contributed by atoms with Crippen molar-refractivity contribution in [2.75, 3.05) is 14.2 Å². The molecular formula is C23H22ClN3O3. The molecule has 4 rings (SSSR count). The van der Waals surface area contributed by atoms with Gasteiger partial charge in [0.15, 0.2) is 11.5 Å². The van der Waals surface area contributed by atoms with E-state index < -0.39 is 0 Å². The van der Waals surface area contributed by atoms with E-state index >= 15 is 0 Å². The Labute approximate surface area is 180 Å². The summed E-state index contributed by atoms with van der Waals surface area (Å²) in [7, 11) is 3.18. The number of hydrogen-bond donors (Lipinski definition) is 0. The van der Waals surface area contributed by atoms with Crippen LogP contribution in [0.4, 0.5) is 0 Å². The minimum atomic E-state index is -0.323. The highest BCUT2D eigenvalue weighted by Gasteiger charge is 2.33. The molecule has 2 aromatic carbocycles. The second-order valence-electron chi connectivity index (χ2n) is 7.26. The Hall–Kier alpha value is -3.12. The maximum Gasteiger partial charge on any atom is 0.240 e. The van der Waals surface area contributed by atoms with E-state index in [1.165, 1.54) is 11.9 Å². The van der Waals surface area contributed by atoms with Crippen molar-refractivity contribution in [1.82, 2.24) is 9.99 Å². The molecular weight excluding hydrogens is 402 g/mol. The molecule has 0 spiro atoms. The molecule has 7 heteroatoms. The molecule has 2 heterocycles. The predicted octanol–water partition coefficient (Wildman–Crippen LogP) is 4.91. The van der Waals surface area contributed by atoms with Gasteiger partial charge in [-0.1, -0.05) is 23.7 Å².